The van der Waals surface area contributed by atoms with Gasteiger partial charge in [-0.2, -0.15) is 0 Å². The van der Waals surface area contributed by atoms with Gasteiger partial charge in [0.1, 0.15) is 0 Å². The Morgan fingerprint density at radius 3 is 2.60 bits per heavy atom. The fourth-order valence-electron chi connectivity index (χ4n) is 3.51. The van der Waals surface area contributed by atoms with Crippen molar-refractivity contribution in [1.82, 2.24) is 4.90 Å². The van der Waals surface area contributed by atoms with Crippen molar-refractivity contribution < 1.29 is 14.3 Å². The summed E-state index contributed by atoms with van der Waals surface area (Å²) in [7, 11) is 0. The summed E-state index contributed by atoms with van der Waals surface area (Å²) in [6, 6.07) is 0. The molecule has 1 heterocycles. The molecule has 1 aliphatic heterocycles. The fourth-order valence-corrected chi connectivity index (χ4v) is 3.51. The lowest BCUT2D eigenvalue weighted by Crippen LogP contribution is -2.51. The van der Waals surface area contributed by atoms with Crippen LogP contribution in [0, 0.1) is 11.3 Å². The lowest BCUT2D eigenvalue weighted by atomic mass is 9.83. The number of esters is 1. The van der Waals surface area contributed by atoms with Crippen molar-refractivity contribution >= 4 is 11.9 Å². The normalized spacial score (nSPS) is 25.5. The van der Waals surface area contributed by atoms with E-state index in [2.05, 4.69) is 0 Å². The molecule has 0 spiro atoms. The monoisotopic (exact) mass is 282 g/mol. The summed E-state index contributed by atoms with van der Waals surface area (Å²) in [6.45, 7) is 3.88. The maximum absolute atomic E-state index is 12.8. The number of hydrogen-bond donors (Lipinski definition) is 1. The number of nitrogens with two attached hydrogens (primary N) is 1. The van der Waals surface area contributed by atoms with Crippen LogP contribution < -0.4 is 5.73 Å². The zero-order chi connectivity index (χ0) is 14.6. The van der Waals surface area contributed by atoms with E-state index in [1.165, 1.54) is 0 Å². The van der Waals surface area contributed by atoms with Crippen LogP contribution in [-0.2, 0) is 14.3 Å². The Labute approximate surface area is 120 Å². The highest BCUT2D eigenvalue weighted by Gasteiger charge is 2.43. The second kappa shape index (κ2) is 6.57. The summed E-state index contributed by atoms with van der Waals surface area (Å²) < 4.78 is 5.08. The van der Waals surface area contributed by atoms with Gasteiger partial charge in [0, 0.05) is 19.6 Å². The van der Waals surface area contributed by atoms with Gasteiger partial charge in [-0.15, -0.1) is 0 Å². The molecule has 5 heteroatoms. The van der Waals surface area contributed by atoms with Crippen molar-refractivity contribution in [3.8, 4) is 0 Å². The van der Waals surface area contributed by atoms with Crippen LogP contribution in [0.5, 0.6) is 0 Å². The first-order valence-corrected chi connectivity index (χ1v) is 7.79. The number of nitrogens with zero attached hydrogens (tertiary/aromatic N) is 1. The van der Waals surface area contributed by atoms with E-state index in [-0.39, 0.29) is 23.2 Å². The van der Waals surface area contributed by atoms with Crippen LogP contribution >= 0.6 is 0 Å². The van der Waals surface area contributed by atoms with E-state index in [4.69, 9.17) is 10.5 Å². The average Bonchev–Trinajstić information content (AvgIpc) is 2.97. The van der Waals surface area contributed by atoms with Crippen molar-refractivity contribution in [2.24, 2.45) is 17.1 Å². The van der Waals surface area contributed by atoms with E-state index < -0.39 is 0 Å². The first kappa shape index (κ1) is 15.3. The standard InChI is InChI=1S/C15H26N2O3/c1-2-20-13(18)12-6-5-9-17(10-12)14(19)15(11-16)7-3-4-8-15/h12H,2-11,16H2,1H3. The molecule has 1 aliphatic carbocycles. The first-order valence-electron chi connectivity index (χ1n) is 7.79. The minimum Gasteiger partial charge on any atom is -0.466 e. The molecule has 0 radical (unpaired) electrons. The largest absolute Gasteiger partial charge is 0.466 e. The Morgan fingerprint density at radius 1 is 1.30 bits per heavy atom. The molecule has 5 nitrogen and oxygen atoms in total. The molecule has 0 aromatic carbocycles. The number of carbonyl (C=O) groups is 2. The van der Waals surface area contributed by atoms with Crippen molar-refractivity contribution in [2.75, 3.05) is 26.2 Å². The molecule has 0 aromatic heterocycles. The van der Waals surface area contributed by atoms with Gasteiger partial charge in [0.25, 0.3) is 0 Å². The van der Waals surface area contributed by atoms with Gasteiger partial charge < -0.3 is 15.4 Å². The van der Waals surface area contributed by atoms with E-state index in [1.54, 1.807) is 0 Å². The Bertz CT molecular complexity index is 364. The molecule has 1 saturated heterocycles. The number of piperidine rings is 1. The SMILES string of the molecule is CCOC(=O)C1CCCN(C(=O)C2(CN)CCCC2)C1. The Balaban J connectivity index is 2.01. The van der Waals surface area contributed by atoms with Gasteiger partial charge in [-0.3, -0.25) is 9.59 Å². The van der Waals surface area contributed by atoms with Crippen LogP contribution in [0.25, 0.3) is 0 Å². The molecule has 1 saturated carbocycles. The van der Waals surface area contributed by atoms with Crippen LogP contribution in [0.2, 0.25) is 0 Å². The highest BCUT2D eigenvalue weighted by atomic mass is 16.5. The zero-order valence-corrected chi connectivity index (χ0v) is 12.4. The quantitative estimate of drug-likeness (QED) is 0.789. The molecule has 0 bridgehead atoms. The number of amides is 1. The highest BCUT2D eigenvalue weighted by Crippen LogP contribution is 2.39. The van der Waals surface area contributed by atoms with Gasteiger partial charge in [0.2, 0.25) is 5.91 Å². The van der Waals surface area contributed by atoms with Gasteiger partial charge in [0.15, 0.2) is 0 Å². The van der Waals surface area contributed by atoms with E-state index in [1.807, 2.05) is 11.8 Å². The summed E-state index contributed by atoms with van der Waals surface area (Å²) in [5.41, 5.74) is 5.51. The molecule has 1 atom stereocenters. The summed E-state index contributed by atoms with van der Waals surface area (Å²) >= 11 is 0. The third-order valence-corrected chi connectivity index (χ3v) is 4.73. The van der Waals surface area contributed by atoms with Gasteiger partial charge in [-0.1, -0.05) is 12.8 Å². The zero-order valence-electron chi connectivity index (χ0n) is 12.4. The first-order chi connectivity index (χ1) is 9.63. The van der Waals surface area contributed by atoms with Crippen molar-refractivity contribution in [3.05, 3.63) is 0 Å². The lowest BCUT2D eigenvalue weighted by Gasteiger charge is -2.37. The number of carbonyl (C=O) groups excluding carboxylic acids is 2. The van der Waals surface area contributed by atoms with E-state index in [0.717, 1.165) is 45.1 Å². The third-order valence-electron chi connectivity index (χ3n) is 4.73. The van der Waals surface area contributed by atoms with Gasteiger partial charge in [-0.05, 0) is 32.6 Å². The van der Waals surface area contributed by atoms with Crippen LogP contribution in [0.1, 0.15) is 45.4 Å². The minimum absolute atomic E-state index is 0.159. The molecular weight excluding hydrogens is 256 g/mol. The van der Waals surface area contributed by atoms with Crippen LogP contribution in [0.4, 0.5) is 0 Å². The van der Waals surface area contributed by atoms with Crippen LogP contribution in [0.15, 0.2) is 0 Å². The number of hydrogen-bond acceptors (Lipinski definition) is 4. The molecule has 20 heavy (non-hydrogen) atoms. The van der Waals surface area contributed by atoms with E-state index in [9.17, 15) is 9.59 Å². The molecule has 2 N–H and O–H groups in total. The number of rotatable bonds is 4. The minimum atomic E-state index is -0.365. The van der Waals surface area contributed by atoms with E-state index >= 15 is 0 Å². The van der Waals surface area contributed by atoms with Crippen molar-refractivity contribution in [2.45, 2.75) is 45.4 Å². The lowest BCUT2D eigenvalue weighted by molar-refractivity contribution is -0.153. The molecule has 1 unspecified atom stereocenters. The predicted molar refractivity (Wildman–Crippen MR) is 75.9 cm³/mol. The Kier molecular flexibility index (Phi) is 5.02. The second-order valence-electron chi connectivity index (χ2n) is 6.03. The third kappa shape index (κ3) is 2.97. The van der Waals surface area contributed by atoms with Gasteiger partial charge >= 0.3 is 5.97 Å². The maximum Gasteiger partial charge on any atom is 0.310 e. The number of ether oxygens (including phenoxy) is 1. The smallest absolute Gasteiger partial charge is 0.310 e. The van der Waals surface area contributed by atoms with Crippen LogP contribution in [-0.4, -0.2) is 43.0 Å². The summed E-state index contributed by atoms with van der Waals surface area (Å²) in [5, 5.41) is 0. The average molecular weight is 282 g/mol. The second-order valence-corrected chi connectivity index (χ2v) is 6.03. The van der Waals surface area contributed by atoms with E-state index in [0.29, 0.717) is 19.7 Å². The fraction of sp³-hybridized carbons (Fsp3) is 0.867. The molecule has 2 aliphatic rings. The van der Waals surface area contributed by atoms with Crippen molar-refractivity contribution in [3.63, 3.8) is 0 Å². The predicted octanol–water partition coefficient (Wildman–Crippen LogP) is 1.31. The molecule has 1 amide bonds. The summed E-state index contributed by atoms with van der Waals surface area (Å²) in [5.74, 6) is -0.173. The van der Waals surface area contributed by atoms with Crippen LogP contribution in [0.3, 0.4) is 0 Å². The summed E-state index contributed by atoms with van der Waals surface area (Å²) in [6.07, 6.45) is 5.64. The van der Waals surface area contributed by atoms with Gasteiger partial charge in [-0.25, -0.2) is 0 Å². The maximum atomic E-state index is 12.8. The number of likely N-dealkylation sites (tertiary alicyclic amines) is 1. The topological polar surface area (TPSA) is 72.6 Å². The molecule has 2 fully saturated rings. The highest BCUT2D eigenvalue weighted by molar-refractivity contribution is 5.84. The Morgan fingerprint density at radius 2 is 2.00 bits per heavy atom. The van der Waals surface area contributed by atoms with Gasteiger partial charge in [0.05, 0.1) is 17.9 Å². The molecular formula is C15H26N2O3. The molecule has 0 aromatic rings. The molecule has 114 valence electrons. The molecule has 2 rings (SSSR count). The van der Waals surface area contributed by atoms with Crippen molar-refractivity contribution in [1.29, 1.82) is 0 Å². The Hall–Kier alpha value is -1.10. The summed E-state index contributed by atoms with van der Waals surface area (Å²) in [4.78, 5) is 26.5.